The molecule has 0 aromatic rings. The van der Waals surface area contributed by atoms with E-state index >= 15 is 0 Å². The number of carbonyl (C=O) groups is 3. The van der Waals surface area contributed by atoms with E-state index in [-0.39, 0.29) is 12.8 Å². The summed E-state index contributed by atoms with van der Waals surface area (Å²) in [6.45, 7) is 2.16. The fourth-order valence-corrected chi connectivity index (χ4v) is 3.34. The van der Waals surface area contributed by atoms with Crippen LogP contribution in [0.1, 0.15) is 77.6 Å². The molecule has 26 heavy (non-hydrogen) atoms. The van der Waals surface area contributed by atoms with Crippen LogP contribution >= 0.6 is 0 Å². The van der Waals surface area contributed by atoms with Crippen LogP contribution in [0.2, 0.25) is 0 Å². The number of cyclic esters (lactones) is 1. The van der Waals surface area contributed by atoms with Crippen LogP contribution in [0, 0.1) is 0 Å². The van der Waals surface area contributed by atoms with E-state index in [1.807, 2.05) is 0 Å². The number of carboxylic acids is 2. The van der Waals surface area contributed by atoms with Crippen LogP contribution in [0.25, 0.3) is 0 Å². The lowest BCUT2D eigenvalue weighted by molar-refractivity contribution is -0.195. The molecule has 0 saturated carbocycles. The molecule has 0 aromatic carbocycles. The number of rotatable bonds is 13. The first kappa shape index (κ1) is 22.4. The Morgan fingerprint density at radius 2 is 1.38 bits per heavy atom. The molecule has 0 unspecified atom stereocenters. The minimum absolute atomic E-state index is 0.281. The van der Waals surface area contributed by atoms with Crippen molar-refractivity contribution in [3.8, 4) is 0 Å². The molecule has 1 aliphatic rings. The molecule has 3 atom stereocenters. The number of hydrogen-bond acceptors (Lipinski definition) is 6. The maximum Gasteiger partial charge on any atom is 0.348 e. The largest absolute Gasteiger partial charge is 0.479 e. The van der Waals surface area contributed by atoms with Gasteiger partial charge >= 0.3 is 17.9 Å². The van der Waals surface area contributed by atoms with Crippen molar-refractivity contribution < 1.29 is 39.5 Å². The highest BCUT2D eigenvalue weighted by Gasteiger charge is 2.73. The van der Waals surface area contributed by atoms with Crippen molar-refractivity contribution in [1.29, 1.82) is 0 Å². The van der Waals surface area contributed by atoms with Crippen molar-refractivity contribution >= 4 is 17.9 Å². The van der Waals surface area contributed by atoms with E-state index in [4.69, 9.17) is 5.11 Å². The Morgan fingerprint density at radius 1 is 0.923 bits per heavy atom. The fraction of sp³-hybridized carbons (Fsp3) is 0.833. The molecular formula is C18H30O8. The Labute approximate surface area is 153 Å². The summed E-state index contributed by atoms with van der Waals surface area (Å²) in [5, 5.41) is 38.9. The molecule has 0 aliphatic carbocycles. The Balaban J connectivity index is 2.46. The van der Waals surface area contributed by atoms with Crippen LogP contribution in [0.4, 0.5) is 0 Å². The molecule has 0 aromatic heterocycles. The number of carbonyl (C=O) groups excluding carboxylic acids is 1. The first-order chi connectivity index (χ1) is 12.2. The van der Waals surface area contributed by atoms with E-state index in [1.54, 1.807) is 0 Å². The maximum absolute atomic E-state index is 11.9. The van der Waals surface area contributed by atoms with Gasteiger partial charge in [0, 0.05) is 0 Å². The summed E-state index contributed by atoms with van der Waals surface area (Å²) in [7, 11) is 0. The number of aliphatic carboxylic acids is 2. The van der Waals surface area contributed by atoms with Gasteiger partial charge in [0.15, 0.2) is 0 Å². The molecule has 1 aliphatic heterocycles. The number of ether oxygens (including phenoxy) is 1. The lowest BCUT2D eigenvalue weighted by Gasteiger charge is -2.31. The smallest absolute Gasteiger partial charge is 0.348 e. The molecule has 0 bridgehead atoms. The van der Waals surface area contributed by atoms with Gasteiger partial charge in [-0.05, 0) is 12.8 Å². The van der Waals surface area contributed by atoms with E-state index in [2.05, 4.69) is 11.7 Å². The lowest BCUT2D eigenvalue weighted by atomic mass is 9.77. The summed E-state index contributed by atoms with van der Waals surface area (Å²) < 4.78 is 4.44. The first-order valence-electron chi connectivity index (χ1n) is 9.33. The standard InChI is InChI=1S/C18H30O8/c1-2-3-4-5-6-7-8-9-10-11-12-17(24)16(23)26-13(14(19)20)18(17,25)15(21)22/h13,24-25H,2-12H2,1H3,(H,19,20)(H,21,22)/t13-,17+,18-/m0/s1. The molecule has 1 fully saturated rings. The van der Waals surface area contributed by atoms with Gasteiger partial charge in [-0.15, -0.1) is 0 Å². The number of hydrogen-bond donors (Lipinski definition) is 4. The average Bonchev–Trinajstić information content (AvgIpc) is 2.79. The average molecular weight is 374 g/mol. The summed E-state index contributed by atoms with van der Waals surface area (Å²) in [6, 6.07) is 0. The zero-order valence-electron chi connectivity index (χ0n) is 15.3. The van der Waals surface area contributed by atoms with Crippen LogP contribution in [0.15, 0.2) is 0 Å². The van der Waals surface area contributed by atoms with Gasteiger partial charge in [-0.3, -0.25) is 0 Å². The number of carboxylic acid groups (broad SMARTS) is 2. The highest BCUT2D eigenvalue weighted by atomic mass is 16.6. The molecule has 0 radical (unpaired) electrons. The van der Waals surface area contributed by atoms with Gasteiger partial charge in [-0.25, -0.2) is 14.4 Å². The quantitative estimate of drug-likeness (QED) is 0.283. The number of unbranched alkanes of at least 4 members (excludes halogenated alkanes) is 9. The van der Waals surface area contributed by atoms with Crippen molar-refractivity contribution in [3.05, 3.63) is 0 Å². The zero-order valence-corrected chi connectivity index (χ0v) is 15.3. The van der Waals surface area contributed by atoms with Crippen LogP contribution in [0.3, 0.4) is 0 Å². The van der Waals surface area contributed by atoms with E-state index in [9.17, 15) is 29.7 Å². The Hall–Kier alpha value is -1.67. The molecule has 0 amide bonds. The molecule has 8 heteroatoms. The maximum atomic E-state index is 11.9. The molecule has 8 nitrogen and oxygen atoms in total. The second-order valence-corrected chi connectivity index (χ2v) is 6.99. The van der Waals surface area contributed by atoms with Crippen molar-refractivity contribution in [2.24, 2.45) is 0 Å². The van der Waals surface area contributed by atoms with Crippen molar-refractivity contribution in [1.82, 2.24) is 0 Å². The normalized spacial score (nSPS) is 28.1. The Bertz CT molecular complexity index is 505. The van der Waals surface area contributed by atoms with Gasteiger partial charge in [0.2, 0.25) is 17.3 Å². The van der Waals surface area contributed by atoms with E-state index in [1.165, 1.54) is 25.7 Å². The first-order valence-corrected chi connectivity index (χ1v) is 9.33. The van der Waals surface area contributed by atoms with Crippen LogP contribution < -0.4 is 0 Å². The second-order valence-electron chi connectivity index (χ2n) is 6.99. The SMILES string of the molecule is CCCCCCCCCCCC[C@@]1(O)C(=O)O[C@@H](C(=O)O)[C@]1(O)C(=O)O. The molecule has 150 valence electrons. The minimum atomic E-state index is -3.20. The summed E-state index contributed by atoms with van der Waals surface area (Å²) in [5.74, 6) is -5.22. The summed E-state index contributed by atoms with van der Waals surface area (Å²) in [5.41, 5.74) is -5.96. The number of esters is 1. The van der Waals surface area contributed by atoms with Gasteiger partial charge in [-0.1, -0.05) is 64.7 Å². The predicted octanol–water partition coefficient (Wildman–Crippen LogP) is 1.85. The monoisotopic (exact) mass is 374 g/mol. The van der Waals surface area contributed by atoms with E-state index < -0.39 is 35.2 Å². The molecular weight excluding hydrogens is 344 g/mol. The predicted molar refractivity (Wildman–Crippen MR) is 91.5 cm³/mol. The van der Waals surface area contributed by atoms with Crippen molar-refractivity contribution in [2.75, 3.05) is 0 Å². The third-order valence-corrected chi connectivity index (χ3v) is 5.02. The molecule has 0 spiro atoms. The Kier molecular flexibility index (Phi) is 8.49. The third-order valence-electron chi connectivity index (χ3n) is 5.02. The number of aliphatic hydroxyl groups is 2. The molecule has 1 heterocycles. The van der Waals surface area contributed by atoms with E-state index in [0.29, 0.717) is 6.42 Å². The molecule has 1 rings (SSSR count). The fourth-order valence-electron chi connectivity index (χ4n) is 3.34. The second kappa shape index (κ2) is 9.87. The van der Waals surface area contributed by atoms with Crippen LogP contribution in [0.5, 0.6) is 0 Å². The van der Waals surface area contributed by atoms with Gasteiger partial charge < -0.3 is 25.2 Å². The van der Waals surface area contributed by atoms with Crippen LogP contribution in [-0.2, 0) is 19.1 Å². The van der Waals surface area contributed by atoms with Gasteiger partial charge in [0.1, 0.15) is 0 Å². The summed E-state index contributed by atoms with van der Waals surface area (Å²) in [6.07, 6.45) is 7.23. The van der Waals surface area contributed by atoms with Crippen LogP contribution in [-0.4, -0.2) is 55.6 Å². The third kappa shape index (κ3) is 4.73. The molecule has 1 saturated heterocycles. The minimum Gasteiger partial charge on any atom is -0.479 e. The highest BCUT2D eigenvalue weighted by molar-refractivity contribution is 6.01. The Morgan fingerprint density at radius 3 is 1.81 bits per heavy atom. The molecule has 4 N–H and O–H groups in total. The van der Waals surface area contributed by atoms with Gasteiger partial charge in [0.05, 0.1) is 0 Å². The summed E-state index contributed by atoms with van der Waals surface area (Å²) in [4.78, 5) is 34.3. The van der Waals surface area contributed by atoms with Gasteiger partial charge in [-0.2, -0.15) is 0 Å². The topological polar surface area (TPSA) is 141 Å². The zero-order chi connectivity index (χ0) is 19.8. The highest BCUT2D eigenvalue weighted by Crippen LogP contribution is 2.40. The van der Waals surface area contributed by atoms with Crippen molar-refractivity contribution in [3.63, 3.8) is 0 Å². The van der Waals surface area contributed by atoms with Gasteiger partial charge in [0.25, 0.3) is 0 Å². The lowest BCUT2D eigenvalue weighted by Crippen LogP contribution is -2.64. The van der Waals surface area contributed by atoms with Crippen molar-refractivity contribution in [2.45, 2.75) is 94.9 Å². The summed E-state index contributed by atoms with van der Waals surface area (Å²) >= 11 is 0. The van der Waals surface area contributed by atoms with E-state index in [0.717, 1.165) is 25.7 Å².